The van der Waals surface area contributed by atoms with Crippen LogP contribution < -0.4 is 0 Å². The van der Waals surface area contributed by atoms with Crippen LogP contribution in [-0.4, -0.2) is 16.8 Å². The standard InChI is InChI=1S/C10H11BrOS2/c11-7-4-6-14-10(7)9(12)8-3-1-2-5-13-8/h4,6,8H,1-3,5H2. The second-order valence-corrected chi connectivity index (χ2v) is 6.40. The molecule has 0 radical (unpaired) electrons. The number of halogens is 1. The molecule has 0 aliphatic carbocycles. The summed E-state index contributed by atoms with van der Waals surface area (Å²) >= 11 is 6.77. The third-order valence-electron chi connectivity index (χ3n) is 2.31. The number of hydrogen-bond donors (Lipinski definition) is 0. The number of Topliss-reactive ketones (excluding diaryl/α,β-unsaturated/α-hetero) is 1. The summed E-state index contributed by atoms with van der Waals surface area (Å²) in [6, 6.07) is 1.95. The summed E-state index contributed by atoms with van der Waals surface area (Å²) < 4.78 is 0.957. The largest absolute Gasteiger partial charge is 0.292 e. The van der Waals surface area contributed by atoms with Crippen molar-refractivity contribution in [2.75, 3.05) is 5.75 Å². The number of carbonyl (C=O) groups is 1. The van der Waals surface area contributed by atoms with Gasteiger partial charge in [-0.3, -0.25) is 4.79 Å². The quantitative estimate of drug-likeness (QED) is 0.767. The monoisotopic (exact) mass is 290 g/mol. The van der Waals surface area contributed by atoms with Crippen LogP contribution >= 0.6 is 39.0 Å². The van der Waals surface area contributed by atoms with Crippen LogP contribution in [0, 0.1) is 0 Å². The highest BCUT2D eigenvalue weighted by atomic mass is 79.9. The topological polar surface area (TPSA) is 17.1 Å². The predicted molar refractivity (Wildman–Crippen MR) is 66.4 cm³/mol. The fourth-order valence-electron chi connectivity index (χ4n) is 1.56. The Kier molecular flexibility index (Phi) is 3.68. The van der Waals surface area contributed by atoms with Gasteiger partial charge in [-0.15, -0.1) is 11.3 Å². The minimum absolute atomic E-state index is 0.207. The number of rotatable bonds is 2. The zero-order valence-electron chi connectivity index (χ0n) is 7.66. The zero-order valence-corrected chi connectivity index (χ0v) is 10.9. The first-order valence-electron chi connectivity index (χ1n) is 4.68. The molecule has 0 aromatic carbocycles. The van der Waals surface area contributed by atoms with Crippen molar-refractivity contribution in [3.8, 4) is 0 Å². The normalized spacial score (nSPS) is 22.2. The zero-order chi connectivity index (χ0) is 9.97. The van der Waals surface area contributed by atoms with E-state index >= 15 is 0 Å². The maximum Gasteiger partial charge on any atom is 0.186 e. The molecule has 1 aromatic heterocycles. The van der Waals surface area contributed by atoms with Crippen molar-refractivity contribution in [2.45, 2.75) is 24.5 Å². The molecule has 2 rings (SSSR count). The third kappa shape index (κ3) is 2.23. The molecule has 1 fully saturated rings. The summed E-state index contributed by atoms with van der Waals surface area (Å²) in [4.78, 5) is 12.9. The van der Waals surface area contributed by atoms with Crippen molar-refractivity contribution in [3.05, 3.63) is 20.8 Å². The third-order valence-corrected chi connectivity index (χ3v) is 5.54. The molecule has 1 aliphatic heterocycles. The van der Waals surface area contributed by atoms with Gasteiger partial charge in [-0.2, -0.15) is 11.8 Å². The van der Waals surface area contributed by atoms with Crippen molar-refractivity contribution in [3.63, 3.8) is 0 Å². The fraction of sp³-hybridized carbons (Fsp3) is 0.500. The van der Waals surface area contributed by atoms with Crippen LogP contribution in [0.5, 0.6) is 0 Å². The first-order valence-corrected chi connectivity index (χ1v) is 7.40. The molecule has 1 nitrogen and oxygen atoms in total. The lowest BCUT2D eigenvalue weighted by Crippen LogP contribution is -2.20. The maximum atomic E-state index is 12.0. The molecule has 1 atom stereocenters. The lowest BCUT2D eigenvalue weighted by molar-refractivity contribution is 0.0988. The molecule has 2 heterocycles. The van der Waals surface area contributed by atoms with Crippen LogP contribution in [0.3, 0.4) is 0 Å². The Labute approximate surface area is 100 Å². The van der Waals surface area contributed by atoms with Gasteiger partial charge in [0.1, 0.15) is 0 Å². The fourth-order valence-corrected chi connectivity index (χ4v) is 4.46. The first kappa shape index (κ1) is 10.7. The summed E-state index contributed by atoms with van der Waals surface area (Å²) in [5.74, 6) is 1.45. The van der Waals surface area contributed by atoms with Gasteiger partial charge in [-0.25, -0.2) is 0 Å². The molecule has 0 saturated carbocycles. The smallest absolute Gasteiger partial charge is 0.186 e. The highest BCUT2D eigenvalue weighted by molar-refractivity contribution is 9.10. The molecule has 0 amide bonds. The van der Waals surface area contributed by atoms with Crippen LogP contribution in [0.2, 0.25) is 0 Å². The Bertz CT molecular complexity index is 329. The molecule has 1 aromatic rings. The predicted octanol–water partition coefficient (Wildman–Crippen LogP) is 3.98. The van der Waals surface area contributed by atoms with E-state index in [1.54, 1.807) is 11.3 Å². The van der Waals surface area contributed by atoms with Gasteiger partial charge in [0, 0.05) is 4.47 Å². The first-order chi connectivity index (χ1) is 6.79. The summed E-state index contributed by atoms with van der Waals surface area (Å²) in [5.41, 5.74) is 0. The molecule has 0 N–H and O–H groups in total. The minimum Gasteiger partial charge on any atom is -0.292 e. The van der Waals surface area contributed by atoms with Gasteiger partial charge in [-0.05, 0) is 46.0 Å². The molecule has 1 aliphatic rings. The number of thiophene rings is 1. The number of carbonyl (C=O) groups excluding carboxylic acids is 1. The number of hydrogen-bond acceptors (Lipinski definition) is 3. The van der Waals surface area contributed by atoms with E-state index in [1.165, 1.54) is 12.8 Å². The molecule has 4 heteroatoms. The molecule has 0 spiro atoms. The Hall–Kier alpha value is 0.200. The molecular weight excluding hydrogens is 280 g/mol. The van der Waals surface area contributed by atoms with Crippen molar-refractivity contribution >= 4 is 44.8 Å². The van der Waals surface area contributed by atoms with Gasteiger partial charge >= 0.3 is 0 Å². The number of thioether (sulfide) groups is 1. The van der Waals surface area contributed by atoms with E-state index in [0.717, 1.165) is 21.5 Å². The summed E-state index contributed by atoms with van der Waals surface area (Å²) in [7, 11) is 0. The second-order valence-electron chi connectivity index (χ2n) is 3.32. The van der Waals surface area contributed by atoms with Crippen molar-refractivity contribution < 1.29 is 4.79 Å². The average Bonchev–Trinajstić information content (AvgIpc) is 2.65. The van der Waals surface area contributed by atoms with E-state index in [4.69, 9.17) is 0 Å². The highest BCUT2D eigenvalue weighted by Gasteiger charge is 2.25. The molecule has 0 bridgehead atoms. The molecule has 76 valence electrons. The van der Waals surface area contributed by atoms with Gasteiger partial charge in [0.25, 0.3) is 0 Å². The summed E-state index contributed by atoms with van der Waals surface area (Å²) in [6.45, 7) is 0. The van der Waals surface area contributed by atoms with Crippen LogP contribution in [0.25, 0.3) is 0 Å². The van der Waals surface area contributed by atoms with Gasteiger partial charge in [0.15, 0.2) is 5.78 Å². The van der Waals surface area contributed by atoms with E-state index in [-0.39, 0.29) is 5.25 Å². The molecule has 1 unspecified atom stereocenters. The average molecular weight is 291 g/mol. The van der Waals surface area contributed by atoms with E-state index < -0.39 is 0 Å². The van der Waals surface area contributed by atoms with E-state index in [9.17, 15) is 4.79 Å². The van der Waals surface area contributed by atoms with Crippen LogP contribution in [-0.2, 0) is 0 Å². The van der Waals surface area contributed by atoms with Crippen LogP contribution in [0.4, 0.5) is 0 Å². The van der Waals surface area contributed by atoms with Gasteiger partial charge < -0.3 is 0 Å². The highest BCUT2D eigenvalue weighted by Crippen LogP contribution is 2.32. The SMILES string of the molecule is O=C(c1sccc1Br)C1CCCCS1. The maximum absolute atomic E-state index is 12.0. The van der Waals surface area contributed by atoms with E-state index in [0.29, 0.717) is 5.78 Å². The second kappa shape index (κ2) is 4.81. The number of ketones is 1. The van der Waals surface area contributed by atoms with E-state index in [1.807, 2.05) is 23.2 Å². The van der Waals surface area contributed by atoms with Gasteiger partial charge in [-0.1, -0.05) is 6.42 Å². The van der Waals surface area contributed by atoms with Crippen molar-refractivity contribution in [2.24, 2.45) is 0 Å². The van der Waals surface area contributed by atoms with E-state index in [2.05, 4.69) is 15.9 Å². The lowest BCUT2D eigenvalue weighted by Gasteiger charge is -2.19. The summed E-state index contributed by atoms with van der Waals surface area (Å²) in [6.07, 6.45) is 3.51. The van der Waals surface area contributed by atoms with Crippen molar-refractivity contribution in [1.29, 1.82) is 0 Å². The van der Waals surface area contributed by atoms with Gasteiger partial charge in [0.05, 0.1) is 10.1 Å². The van der Waals surface area contributed by atoms with Gasteiger partial charge in [0.2, 0.25) is 0 Å². The Morgan fingerprint density at radius 2 is 2.36 bits per heavy atom. The Morgan fingerprint density at radius 3 is 2.93 bits per heavy atom. The van der Waals surface area contributed by atoms with Crippen LogP contribution in [0.1, 0.15) is 28.9 Å². The lowest BCUT2D eigenvalue weighted by atomic mass is 10.1. The minimum atomic E-state index is 0.207. The molecule has 14 heavy (non-hydrogen) atoms. The Balaban J connectivity index is 2.11. The Morgan fingerprint density at radius 1 is 1.50 bits per heavy atom. The molecular formula is C10H11BrOS2. The summed E-state index contributed by atoms with van der Waals surface area (Å²) in [5, 5.41) is 2.17. The van der Waals surface area contributed by atoms with Crippen LogP contribution in [0.15, 0.2) is 15.9 Å². The van der Waals surface area contributed by atoms with Crippen molar-refractivity contribution in [1.82, 2.24) is 0 Å². The molecule has 1 saturated heterocycles.